The van der Waals surface area contributed by atoms with Crippen LogP contribution in [0.3, 0.4) is 0 Å². The van der Waals surface area contributed by atoms with E-state index in [0.717, 1.165) is 6.42 Å². The van der Waals surface area contributed by atoms with Gasteiger partial charge in [-0.1, -0.05) is 19.1 Å². The lowest BCUT2D eigenvalue weighted by molar-refractivity contribution is 0.0690. The number of nitriles is 1. The van der Waals surface area contributed by atoms with Gasteiger partial charge in [0.1, 0.15) is 5.75 Å². The Morgan fingerprint density at radius 3 is 2.87 bits per heavy atom. The first-order chi connectivity index (χ1) is 11.2. The van der Waals surface area contributed by atoms with E-state index in [4.69, 9.17) is 15.1 Å². The average molecular weight is 311 g/mol. The van der Waals surface area contributed by atoms with Crippen LogP contribution in [0.15, 0.2) is 36.5 Å². The number of rotatable bonds is 7. The van der Waals surface area contributed by atoms with Gasteiger partial charge in [-0.2, -0.15) is 5.26 Å². The summed E-state index contributed by atoms with van der Waals surface area (Å²) in [6.45, 7) is 2.37. The Kier molecular flexibility index (Phi) is 5.64. The molecule has 0 saturated carbocycles. The summed E-state index contributed by atoms with van der Waals surface area (Å²) in [6, 6.07) is 10.8. The third-order valence-corrected chi connectivity index (χ3v) is 3.40. The lowest BCUT2D eigenvalue weighted by Crippen LogP contribution is -2.06. The Bertz CT molecular complexity index is 725. The minimum atomic E-state index is -1.10. The summed E-state index contributed by atoms with van der Waals surface area (Å²) in [7, 11) is 0. The maximum atomic E-state index is 11.0. The molecule has 6 nitrogen and oxygen atoms in total. The number of benzene rings is 1. The van der Waals surface area contributed by atoms with Gasteiger partial charge in [-0.3, -0.25) is 0 Å². The number of carbonyl (C=O) groups is 1. The second kappa shape index (κ2) is 7.90. The Labute approximate surface area is 134 Å². The molecule has 6 heteroatoms. The molecule has 0 aliphatic heterocycles. The second-order valence-corrected chi connectivity index (χ2v) is 4.94. The van der Waals surface area contributed by atoms with Crippen LogP contribution in [-0.4, -0.2) is 27.7 Å². The number of ether oxygens (including phenoxy) is 1. The van der Waals surface area contributed by atoms with Crippen molar-refractivity contribution >= 4 is 5.97 Å². The Morgan fingerprint density at radius 1 is 1.39 bits per heavy atom. The summed E-state index contributed by atoms with van der Waals surface area (Å²) < 4.78 is 5.75. The summed E-state index contributed by atoms with van der Waals surface area (Å²) in [5, 5.41) is 18.0. The van der Waals surface area contributed by atoms with E-state index in [1.165, 1.54) is 12.3 Å². The number of hydrogen-bond donors (Lipinski definition) is 1. The van der Waals surface area contributed by atoms with Crippen LogP contribution in [0.2, 0.25) is 0 Å². The van der Waals surface area contributed by atoms with Crippen molar-refractivity contribution in [1.29, 1.82) is 5.26 Å². The minimum Gasteiger partial charge on any atom is -0.493 e. The van der Waals surface area contributed by atoms with Crippen molar-refractivity contribution < 1.29 is 14.6 Å². The maximum Gasteiger partial charge on any atom is 0.354 e. The molecule has 0 fully saturated rings. The molecule has 1 atom stereocenters. The highest BCUT2D eigenvalue weighted by Crippen LogP contribution is 2.27. The number of nitrogens with zero attached hydrogens (tertiary/aromatic N) is 3. The zero-order valence-electron chi connectivity index (χ0n) is 12.8. The van der Waals surface area contributed by atoms with Crippen molar-refractivity contribution in [2.45, 2.75) is 19.8 Å². The Morgan fingerprint density at radius 2 is 2.17 bits per heavy atom. The van der Waals surface area contributed by atoms with E-state index < -0.39 is 5.97 Å². The van der Waals surface area contributed by atoms with Crippen LogP contribution in [0, 0.1) is 17.2 Å². The fourth-order valence-electron chi connectivity index (χ4n) is 2.06. The molecule has 1 aromatic heterocycles. The number of para-hydroxylation sites is 1. The highest BCUT2D eigenvalue weighted by molar-refractivity contribution is 5.85. The van der Waals surface area contributed by atoms with Gasteiger partial charge in [0, 0.05) is 12.1 Å². The number of aromatic carboxylic acids is 1. The number of carboxylic acid groups (broad SMARTS) is 1. The monoisotopic (exact) mass is 311 g/mol. The highest BCUT2D eigenvalue weighted by atomic mass is 16.5. The van der Waals surface area contributed by atoms with Crippen molar-refractivity contribution in [3.8, 4) is 23.2 Å². The lowest BCUT2D eigenvalue weighted by Gasteiger charge is -2.12. The predicted octanol–water partition coefficient (Wildman–Crippen LogP) is 3.16. The van der Waals surface area contributed by atoms with Crippen LogP contribution < -0.4 is 4.74 Å². The summed E-state index contributed by atoms with van der Waals surface area (Å²) in [6.07, 6.45) is 2.83. The largest absolute Gasteiger partial charge is 0.493 e. The third-order valence-electron chi connectivity index (χ3n) is 3.40. The van der Waals surface area contributed by atoms with E-state index in [-0.39, 0.29) is 11.6 Å². The Balaban J connectivity index is 2.19. The van der Waals surface area contributed by atoms with Crippen LogP contribution in [0.4, 0.5) is 0 Å². The van der Waals surface area contributed by atoms with Gasteiger partial charge in [0.2, 0.25) is 0 Å². The molecule has 1 heterocycles. The summed E-state index contributed by atoms with van der Waals surface area (Å²) in [4.78, 5) is 19.2. The van der Waals surface area contributed by atoms with Gasteiger partial charge in [0.25, 0.3) is 0 Å². The molecular formula is C17H17N3O3. The molecule has 1 N–H and O–H groups in total. The van der Waals surface area contributed by atoms with Crippen molar-refractivity contribution in [2.24, 2.45) is 5.92 Å². The normalized spacial score (nSPS) is 11.5. The summed E-state index contributed by atoms with van der Waals surface area (Å²) in [5.74, 6) is -0.267. The van der Waals surface area contributed by atoms with E-state index in [1.807, 2.05) is 19.1 Å². The lowest BCUT2D eigenvalue weighted by atomic mass is 10.1. The molecule has 118 valence electrons. The zero-order valence-corrected chi connectivity index (χ0v) is 12.8. The van der Waals surface area contributed by atoms with E-state index in [2.05, 4.69) is 16.0 Å². The Hall–Kier alpha value is -2.94. The predicted molar refractivity (Wildman–Crippen MR) is 83.9 cm³/mol. The standard InChI is InChI=1S/C17H17N3O3/c1-2-12(11-18)8-10-23-15-6-4-3-5-13(15)16-19-9-7-14(20-16)17(21)22/h3-7,9,12H,2,8,10H2,1H3,(H,21,22). The molecule has 0 radical (unpaired) electrons. The van der Waals surface area contributed by atoms with E-state index in [1.54, 1.807) is 12.1 Å². The van der Waals surface area contributed by atoms with Crippen molar-refractivity contribution in [2.75, 3.05) is 6.61 Å². The van der Waals surface area contributed by atoms with E-state index >= 15 is 0 Å². The van der Waals surface area contributed by atoms with Crippen LogP contribution in [0.5, 0.6) is 5.75 Å². The SMILES string of the molecule is CCC(C#N)CCOc1ccccc1-c1nccc(C(=O)O)n1. The molecule has 1 aromatic carbocycles. The summed E-state index contributed by atoms with van der Waals surface area (Å²) >= 11 is 0. The third kappa shape index (κ3) is 4.27. The molecule has 2 rings (SSSR count). The molecule has 1 unspecified atom stereocenters. The fraction of sp³-hybridized carbons (Fsp3) is 0.294. The first-order valence-corrected chi connectivity index (χ1v) is 7.33. The van der Waals surface area contributed by atoms with Gasteiger partial charge in [-0.05, 0) is 31.0 Å². The smallest absolute Gasteiger partial charge is 0.354 e. The number of hydrogen-bond acceptors (Lipinski definition) is 5. The van der Waals surface area contributed by atoms with Crippen LogP contribution in [-0.2, 0) is 0 Å². The van der Waals surface area contributed by atoms with Gasteiger partial charge in [0.05, 0.1) is 18.2 Å². The summed E-state index contributed by atoms with van der Waals surface area (Å²) in [5.41, 5.74) is 0.556. The van der Waals surface area contributed by atoms with E-state index in [9.17, 15) is 4.79 Å². The molecule has 2 aromatic rings. The second-order valence-electron chi connectivity index (χ2n) is 4.94. The number of carboxylic acids is 1. The van der Waals surface area contributed by atoms with Gasteiger partial charge in [-0.15, -0.1) is 0 Å². The molecule has 0 aliphatic rings. The van der Waals surface area contributed by atoms with Crippen molar-refractivity contribution in [3.63, 3.8) is 0 Å². The van der Waals surface area contributed by atoms with Crippen molar-refractivity contribution in [1.82, 2.24) is 9.97 Å². The molecular weight excluding hydrogens is 294 g/mol. The average Bonchev–Trinajstić information content (AvgIpc) is 2.59. The first-order valence-electron chi connectivity index (χ1n) is 7.33. The van der Waals surface area contributed by atoms with Gasteiger partial charge in [-0.25, -0.2) is 14.8 Å². The molecule has 0 amide bonds. The quantitative estimate of drug-likeness (QED) is 0.843. The van der Waals surface area contributed by atoms with Crippen LogP contribution in [0.1, 0.15) is 30.3 Å². The first kappa shape index (κ1) is 16.4. The van der Waals surface area contributed by atoms with Gasteiger partial charge >= 0.3 is 5.97 Å². The van der Waals surface area contributed by atoms with E-state index in [0.29, 0.717) is 30.2 Å². The molecule has 23 heavy (non-hydrogen) atoms. The molecule has 0 saturated heterocycles. The zero-order chi connectivity index (χ0) is 16.7. The topological polar surface area (TPSA) is 96.1 Å². The molecule has 0 spiro atoms. The van der Waals surface area contributed by atoms with Crippen LogP contribution in [0.25, 0.3) is 11.4 Å². The maximum absolute atomic E-state index is 11.0. The molecule has 0 aliphatic carbocycles. The van der Waals surface area contributed by atoms with Crippen LogP contribution >= 0.6 is 0 Å². The highest BCUT2D eigenvalue weighted by Gasteiger charge is 2.12. The minimum absolute atomic E-state index is 0.0336. The number of aromatic nitrogens is 2. The van der Waals surface area contributed by atoms with Gasteiger partial charge < -0.3 is 9.84 Å². The van der Waals surface area contributed by atoms with Gasteiger partial charge in [0.15, 0.2) is 11.5 Å². The molecule has 0 bridgehead atoms. The fourth-order valence-corrected chi connectivity index (χ4v) is 2.06. The van der Waals surface area contributed by atoms with Crippen molar-refractivity contribution in [3.05, 3.63) is 42.2 Å².